The summed E-state index contributed by atoms with van der Waals surface area (Å²) in [7, 11) is -5.21. The van der Waals surface area contributed by atoms with E-state index < -0.39 is 41.3 Å². The van der Waals surface area contributed by atoms with Crippen LogP contribution in [0, 0.1) is 20.2 Å². The summed E-state index contributed by atoms with van der Waals surface area (Å²) < 4.78 is 32.2. The molecule has 0 fully saturated rings. The van der Waals surface area contributed by atoms with E-state index in [1.807, 2.05) is 0 Å². The molecule has 0 atom stereocenters. The number of hydrogen-bond donors (Lipinski definition) is 0. The van der Waals surface area contributed by atoms with Gasteiger partial charge >= 0.3 is 30.2 Å². The quantitative estimate of drug-likeness (QED) is 0.272. The van der Waals surface area contributed by atoms with Crippen LogP contribution in [0.3, 0.4) is 0 Å². The molecule has 0 radical (unpaired) electrons. The van der Waals surface area contributed by atoms with Crippen LogP contribution >= 0.6 is 11.6 Å². The van der Waals surface area contributed by atoms with Crippen molar-refractivity contribution in [3.8, 4) is 0 Å². The minimum absolute atomic E-state index is 0. The molecule has 0 N–H and O–H groups in total. The molecule has 18 heavy (non-hydrogen) atoms. The molecule has 0 aliphatic heterocycles. The molecule has 0 amide bonds. The van der Waals surface area contributed by atoms with Crippen LogP contribution in [0.2, 0.25) is 5.02 Å². The predicted molar refractivity (Wildman–Crippen MR) is 52.7 cm³/mol. The Kier molecular flexibility index (Phi) is 5.27. The second kappa shape index (κ2) is 5.64. The van der Waals surface area contributed by atoms with Crippen LogP contribution in [0.4, 0.5) is 11.4 Å². The van der Waals surface area contributed by atoms with Crippen molar-refractivity contribution in [1.82, 2.24) is 0 Å². The molecule has 9 nitrogen and oxygen atoms in total. The van der Waals surface area contributed by atoms with Gasteiger partial charge in [-0.05, 0) is 12.1 Å². The number of hydrogen-bond acceptors (Lipinski definition) is 7. The SMILES string of the molecule is O=[N+]([O-])c1c(Cl)ccc(S(=O)(=O)[O-])c1[N+](=O)[O-].[Li+]. The molecule has 0 aliphatic carbocycles. The van der Waals surface area contributed by atoms with Crippen LogP contribution in [-0.2, 0) is 10.1 Å². The molecule has 1 rings (SSSR count). The molecule has 0 unspecified atom stereocenters. The minimum Gasteiger partial charge on any atom is -0.744 e. The maximum Gasteiger partial charge on any atom is 1.00 e. The first-order valence-corrected chi connectivity index (χ1v) is 5.52. The molecule has 0 aliphatic rings. The third-order valence-corrected chi connectivity index (χ3v) is 2.87. The van der Waals surface area contributed by atoms with Crippen molar-refractivity contribution in [2.24, 2.45) is 0 Å². The van der Waals surface area contributed by atoms with Crippen molar-refractivity contribution >= 4 is 33.1 Å². The van der Waals surface area contributed by atoms with E-state index >= 15 is 0 Å². The van der Waals surface area contributed by atoms with Crippen LogP contribution in [0.5, 0.6) is 0 Å². The molecular weight excluding hydrogens is 287 g/mol. The normalized spacial score (nSPS) is 10.6. The first kappa shape index (κ1) is 16.8. The van der Waals surface area contributed by atoms with E-state index in [1.165, 1.54) is 0 Å². The van der Waals surface area contributed by atoms with Gasteiger partial charge in [-0.2, -0.15) is 0 Å². The summed E-state index contributed by atoms with van der Waals surface area (Å²) in [4.78, 5) is 17.3. The molecule has 0 spiro atoms. The van der Waals surface area contributed by atoms with E-state index in [-0.39, 0.29) is 18.9 Å². The van der Waals surface area contributed by atoms with E-state index in [1.54, 1.807) is 0 Å². The van der Waals surface area contributed by atoms with Crippen LogP contribution in [-0.4, -0.2) is 22.8 Å². The van der Waals surface area contributed by atoms with E-state index in [2.05, 4.69) is 0 Å². The van der Waals surface area contributed by atoms with Crippen molar-refractivity contribution in [2.45, 2.75) is 4.90 Å². The van der Waals surface area contributed by atoms with Gasteiger partial charge in [0.05, 0.1) is 9.85 Å². The maximum atomic E-state index is 10.7. The predicted octanol–water partition coefficient (Wildman–Crippen LogP) is -1.94. The van der Waals surface area contributed by atoms with Gasteiger partial charge in [0.1, 0.15) is 20.0 Å². The second-order valence-corrected chi connectivity index (χ2v) is 4.47. The second-order valence-electron chi connectivity index (χ2n) is 2.71. The van der Waals surface area contributed by atoms with Gasteiger partial charge in [0.25, 0.3) is 0 Å². The third-order valence-electron chi connectivity index (χ3n) is 1.70. The number of nitro groups is 2. The van der Waals surface area contributed by atoms with Crippen molar-refractivity contribution in [3.63, 3.8) is 0 Å². The Balaban J connectivity index is 0.00000289. The number of benzene rings is 1. The van der Waals surface area contributed by atoms with E-state index in [0.29, 0.717) is 6.07 Å². The maximum absolute atomic E-state index is 10.7. The Morgan fingerprint density at radius 1 is 1.06 bits per heavy atom. The fraction of sp³-hybridized carbons (Fsp3) is 0. The average molecular weight is 289 g/mol. The molecule has 0 saturated heterocycles. The van der Waals surface area contributed by atoms with Crippen LogP contribution in [0.1, 0.15) is 0 Å². The fourth-order valence-electron chi connectivity index (χ4n) is 1.09. The molecule has 92 valence electrons. The summed E-state index contributed by atoms with van der Waals surface area (Å²) in [6.07, 6.45) is 0. The van der Waals surface area contributed by atoms with Gasteiger partial charge in [-0.3, -0.25) is 20.2 Å². The Morgan fingerprint density at radius 2 is 1.50 bits per heavy atom. The van der Waals surface area contributed by atoms with Gasteiger partial charge in [0, 0.05) is 0 Å². The standard InChI is InChI=1S/C6H3ClN2O7S.Li/c7-3-1-2-4(17(14,15)16)6(9(12)13)5(3)8(10)11;/h1-2H,(H,14,15,16);/q;+1/p-1. The summed E-state index contributed by atoms with van der Waals surface area (Å²) in [6.45, 7) is 0. The zero-order valence-electron chi connectivity index (χ0n) is 8.69. The van der Waals surface area contributed by atoms with Gasteiger partial charge in [-0.15, -0.1) is 0 Å². The first-order chi connectivity index (χ1) is 7.66. The molecule has 12 heteroatoms. The monoisotopic (exact) mass is 288 g/mol. The zero-order chi connectivity index (χ0) is 13.4. The van der Waals surface area contributed by atoms with Gasteiger partial charge < -0.3 is 4.55 Å². The average Bonchev–Trinajstić information content (AvgIpc) is 2.14. The summed E-state index contributed by atoms with van der Waals surface area (Å²) in [6, 6.07) is 1.28. The summed E-state index contributed by atoms with van der Waals surface area (Å²) >= 11 is 5.35. The molecular formula is C6H2ClLiN2O7S. The minimum atomic E-state index is -5.21. The van der Waals surface area contributed by atoms with E-state index in [9.17, 15) is 33.2 Å². The number of halogens is 1. The largest absolute Gasteiger partial charge is 1.00 e. The number of rotatable bonds is 3. The Morgan fingerprint density at radius 3 is 1.83 bits per heavy atom. The van der Waals surface area contributed by atoms with Crippen molar-refractivity contribution < 1.29 is 41.7 Å². The fourth-order valence-corrected chi connectivity index (χ4v) is 1.95. The van der Waals surface area contributed by atoms with Gasteiger partial charge in [-0.1, -0.05) is 11.6 Å². The molecule has 1 aromatic carbocycles. The summed E-state index contributed by atoms with van der Waals surface area (Å²) in [5.41, 5.74) is -2.66. The van der Waals surface area contributed by atoms with Gasteiger partial charge in [0.2, 0.25) is 0 Å². The number of nitro benzene ring substituents is 2. The van der Waals surface area contributed by atoms with Gasteiger partial charge in [0.15, 0.2) is 0 Å². The summed E-state index contributed by atoms with van der Waals surface area (Å²) in [5.74, 6) is 0. The van der Waals surface area contributed by atoms with Crippen LogP contribution in [0.15, 0.2) is 17.0 Å². The third kappa shape index (κ3) is 3.18. The van der Waals surface area contributed by atoms with E-state index in [4.69, 9.17) is 11.6 Å². The summed E-state index contributed by atoms with van der Waals surface area (Å²) in [5, 5.41) is 20.5. The molecule has 0 heterocycles. The molecule has 0 bridgehead atoms. The number of nitrogens with zero attached hydrogens (tertiary/aromatic N) is 2. The molecule has 1 aromatic rings. The first-order valence-electron chi connectivity index (χ1n) is 3.73. The van der Waals surface area contributed by atoms with Crippen LogP contribution < -0.4 is 18.9 Å². The Labute approximate surface area is 117 Å². The van der Waals surface area contributed by atoms with Crippen molar-refractivity contribution in [1.29, 1.82) is 0 Å². The Hall–Kier alpha value is -1.18. The van der Waals surface area contributed by atoms with Gasteiger partial charge in [-0.25, -0.2) is 8.42 Å². The Bertz CT molecular complexity index is 617. The molecule has 0 saturated carbocycles. The van der Waals surface area contributed by atoms with Crippen molar-refractivity contribution in [3.05, 3.63) is 37.4 Å². The smallest absolute Gasteiger partial charge is 0.744 e. The van der Waals surface area contributed by atoms with Crippen molar-refractivity contribution in [2.75, 3.05) is 0 Å². The zero-order valence-corrected chi connectivity index (χ0v) is 10.3. The van der Waals surface area contributed by atoms with Crippen LogP contribution in [0.25, 0.3) is 0 Å². The van der Waals surface area contributed by atoms with E-state index in [0.717, 1.165) is 6.07 Å². The topological polar surface area (TPSA) is 143 Å². The molecule has 0 aromatic heterocycles.